The second-order valence-electron chi connectivity index (χ2n) is 5.58. The third-order valence-corrected chi connectivity index (χ3v) is 2.89. The highest BCUT2D eigenvalue weighted by Crippen LogP contribution is 2.20. The molecule has 18 heavy (non-hydrogen) atoms. The number of rotatable bonds is 3. The average Bonchev–Trinajstić information content (AvgIpc) is 2.68. The fraction of sp³-hybridized carbons (Fsp3) is 0.615. The molecule has 0 unspecified atom stereocenters. The van der Waals surface area contributed by atoms with Crippen LogP contribution in [0.25, 0.3) is 11.1 Å². The van der Waals surface area contributed by atoms with Gasteiger partial charge in [0.1, 0.15) is 11.2 Å². The Hall–Kier alpha value is -1.65. The summed E-state index contributed by atoms with van der Waals surface area (Å²) in [6, 6.07) is 0. The van der Waals surface area contributed by atoms with Crippen molar-refractivity contribution in [3.63, 3.8) is 0 Å². The third kappa shape index (κ3) is 2.30. The number of hydrogen-bond donors (Lipinski definition) is 1. The minimum Gasteiger partial charge on any atom is -0.335 e. The van der Waals surface area contributed by atoms with Crippen LogP contribution < -0.4 is 5.56 Å². The monoisotopic (exact) mass is 249 g/mol. The van der Waals surface area contributed by atoms with Gasteiger partial charge >= 0.3 is 0 Å². The zero-order chi connectivity index (χ0) is 13.3. The molecule has 0 saturated carbocycles. The Balaban J connectivity index is 2.54. The van der Waals surface area contributed by atoms with Crippen LogP contribution in [0, 0.1) is 0 Å². The number of nitrogens with one attached hydrogen (secondary N) is 1. The molecule has 0 saturated heterocycles. The summed E-state index contributed by atoms with van der Waals surface area (Å²) in [5.41, 5.74) is 0.678. The zero-order valence-corrected chi connectivity index (χ0v) is 11.3. The molecule has 0 bridgehead atoms. The van der Waals surface area contributed by atoms with Crippen molar-refractivity contribution < 1.29 is 4.52 Å². The molecule has 2 heterocycles. The molecule has 0 aliphatic rings. The predicted molar refractivity (Wildman–Crippen MR) is 69.7 cm³/mol. The lowest BCUT2D eigenvalue weighted by molar-refractivity contribution is 0.432. The number of aromatic amines is 1. The summed E-state index contributed by atoms with van der Waals surface area (Å²) < 4.78 is 5.18. The Morgan fingerprint density at radius 2 is 2.06 bits per heavy atom. The lowest BCUT2D eigenvalue weighted by Gasteiger charge is -2.15. The molecule has 0 atom stereocenters. The van der Waals surface area contributed by atoms with Crippen LogP contribution in [-0.2, 0) is 11.8 Å². The highest BCUT2D eigenvalue weighted by molar-refractivity contribution is 5.74. The van der Waals surface area contributed by atoms with Gasteiger partial charge in [0.15, 0.2) is 0 Å². The second-order valence-corrected chi connectivity index (χ2v) is 5.58. The van der Waals surface area contributed by atoms with Crippen LogP contribution in [0.4, 0.5) is 0 Å². The van der Waals surface area contributed by atoms with Crippen molar-refractivity contribution >= 4 is 11.1 Å². The summed E-state index contributed by atoms with van der Waals surface area (Å²) in [6.07, 6.45) is 2.80. The maximum absolute atomic E-state index is 12.1. The first kappa shape index (κ1) is 12.8. The van der Waals surface area contributed by atoms with E-state index < -0.39 is 0 Å². The van der Waals surface area contributed by atoms with E-state index in [2.05, 4.69) is 22.0 Å². The standard InChI is InChI=1S/C13H19N3O2/c1-5-6-7-8-9-10(17)14-12(13(2,3)4)15-11(9)18-16-8/h5-7H2,1-4H3,(H,14,15,17). The fourth-order valence-corrected chi connectivity index (χ4v) is 1.79. The van der Waals surface area contributed by atoms with E-state index >= 15 is 0 Å². The lowest BCUT2D eigenvalue weighted by atomic mass is 9.96. The van der Waals surface area contributed by atoms with Crippen molar-refractivity contribution in [2.75, 3.05) is 0 Å². The number of H-pyrrole nitrogens is 1. The van der Waals surface area contributed by atoms with Crippen LogP contribution in [-0.4, -0.2) is 15.1 Å². The number of aryl methyl sites for hydroxylation is 1. The molecule has 0 fully saturated rings. The van der Waals surface area contributed by atoms with E-state index in [4.69, 9.17) is 4.52 Å². The predicted octanol–water partition coefficient (Wildman–Crippen LogP) is 2.55. The largest absolute Gasteiger partial charge is 0.335 e. The van der Waals surface area contributed by atoms with Crippen LogP contribution in [0.15, 0.2) is 9.32 Å². The van der Waals surface area contributed by atoms with Crippen molar-refractivity contribution in [3.05, 3.63) is 21.9 Å². The number of nitrogens with zero attached hydrogens (tertiary/aromatic N) is 2. The van der Waals surface area contributed by atoms with E-state index in [1.165, 1.54) is 0 Å². The second kappa shape index (κ2) is 4.55. The van der Waals surface area contributed by atoms with Crippen LogP contribution in [0.5, 0.6) is 0 Å². The number of fused-ring (bicyclic) bond motifs is 1. The van der Waals surface area contributed by atoms with Gasteiger partial charge in [-0.3, -0.25) is 4.79 Å². The van der Waals surface area contributed by atoms with E-state index in [9.17, 15) is 4.79 Å². The number of unbranched alkanes of at least 4 members (excludes halogenated alkanes) is 1. The molecule has 5 nitrogen and oxygen atoms in total. The summed E-state index contributed by atoms with van der Waals surface area (Å²) in [4.78, 5) is 19.3. The van der Waals surface area contributed by atoms with Gasteiger partial charge in [0.25, 0.3) is 11.3 Å². The molecule has 1 N–H and O–H groups in total. The molecule has 0 aliphatic carbocycles. The molecule has 0 spiro atoms. The summed E-state index contributed by atoms with van der Waals surface area (Å²) >= 11 is 0. The Bertz CT molecular complexity index is 605. The van der Waals surface area contributed by atoms with Crippen LogP contribution >= 0.6 is 0 Å². The van der Waals surface area contributed by atoms with E-state index in [1.807, 2.05) is 20.8 Å². The number of hydrogen-bond acceptors (Lipinski definition) is 4. The summed E-state index contributed by atoms with van der Waals surface area (Å²) in [5, 5.41) is 4.46. The highest BCUT2D eigenvalue weighted by atomic mass is 16.5. The zero-order valence-electron chi connectivity index (χ0n) is 11.3. The van der Waals surface area contributed by atoms with E-state index in [0.29, 0.717) is 22.6 Å². The van der Waals surface area contributed by atoms with Gasteiger partial charge in [-0.2, -0.15) is 4.98 Å². The maximum atomic E-state index is 12.1. The molecule has 98 valence electrons. The van der Waals surface area contributed by atoms with Crippen molar-refractivity contribution in [2.24, 2.45) is 0 Å². The van der Waals surface area contributed by atoms with Crippen molar-refractivity contribution in [2.45, 2.75) is 52.4 Å². The van der Waals surface area contributed by atoms with Gasteiger partial charge in [0, 0.05) is 5.41 Å². The van der Waals surface area contributed by atoms with Gasteiger partial charge in [-0.05, 0) is 12.8 Å². The molecule has 5 heteroatoms. The van der Waals surface area contributed by atoms with Crippen LogP contribution in [0.3, 0.4) is 0 Å². The van der Waals surface area contributed by atoms with Gasteiger partial charge in [-0.15, -0.1) is 0 Å². The molecule has 2 rings (SSSR count). The smallest absolute Gasteiger partial charge is 0.265 e. The van der Waals surface area contributed by atoms with E-state index in [-0.39, 0.29) is 11.0 Å². The minimum absolute atomic E-state index is 0.155. The van der Waals surface area contributed by atoms with Crippen LogP contribution in [0.1, 0.15) is 52.1 Å². The lowest BCUT2D eigenvalue weighted by Crippen LogP contribution is -2.22. The van der Waals surface area contributed by atoms with Crippen molar-refractivity contribution in [1.82, 2.24) is 15.1 Å². The summed E-state index contributed by atoms with van der Waals surface area (Å²) in [7, 11) is 0. The van der Waals surface area contributed by atoms with Crippen molar-refractivity contribution in [3.8, 4) is 0 Å². The molecule has 0 amide bonds. The first-order chi connectivity index (χ1) is 8.43. The minimum atomic E-state index is -0.219. The Morgan fingerprint density at radius 3 is 2.67 bits per heavy atom. The summed E-state index contributed by atoms with van der Waals surface area (Å²) in [6.45, 7) is 8.07. The molecular formula is C13H19N3O2. The Labute approximate surface area is 106 Å². The fourth-order valence-electron chi connectivity index (χ4n) is 1.79. The molecule has 0 aromatic carbocycles. The number of aromatic nitrogens is 3. The van der Waals surface area contributed by atoms with Gasteiger partial charge < -0.3 is 9.51 Å². The topological polar surface area (TPSA) is 71.8 Å². The van der Waals surface area contributed by atoms with Gasteiger partial charge in [0.05, 0.1) is 5.69 Å². The average molecular weight is 249 g/mol. The van der Waals surface area contributed by atoms with Crippen molar-refractivity contribution in [1.29, 1.82) is 0 Å². The first-order valence-electron chi connectivity index (χ1n) is 6.32. The van der Waals surface area contributed by atoms with Gasteiger partial charge in [0.2, 0.25) is 0 Å². The Morgan fingerprint density at radius 1 is 1.33 bits per heavy atom. The third-order valence-electron chi connectivity index (χ3n) is 2.89. The molecule has 2 aromatic rings. The molecule has 0 radical (unpaired) electrons. The maximum Gasteiger partial charge on any atom is 0.265 e. The Kier molecular flexibility index (Phi) is 3.24. The highest BCUT2D eigenvalue weighted by Gasteiger charge is 2.21. The van der Waals surface area contributed by atoms with Gasteiger partial charge in [-0.1, -0.05) is 39.3 Å². The molecular weight excluding hydrogens is 230 g/mol. The SMILES string of the molecule is CCCCc1noc2nc(C(C)(C)C)[nH]c(=O)c12. The van der Waals surface area contributed by atoms with Gasteiger partial charge in [-0.25, -0.2) is 0 Å². The molecule has 2 aromatic heterocycles. The molecule has 0 aliphatic heterocycles. The van der Waals surface area contributed by atoms with E-state index in [1.54, 1.807) is 0 Å². The quantitative estimate of drug-likeness (QED) is 0.907. The van der Waals surface area contributed by atoms with E-state index in [0.717, 1.165) is 19.3 Å². The first-order valence-corrected chi connectivity index (χ1v) is 6.32. The normalized spacial score (nSPS) is 12.2. The van der Waals surface area contributed by atoms with Crippen LogP contribution in [0.2, 0.25) is 0 Å². The summed E-state index contributed by atoms with van der Waals surface area (Å²) in [5.74, 6) is 0.623.